The van der Waals surface area contributed by atoms with E-state index in [2.05, 4.69) is 32.0 Å². The van der Waals surface area contributed by atoms with Crippen molar-refractivity contribution in [3.05, 3.63) is 79.4 Å². The normalized spacial score (nSPS) is 30.1. The maximum atomic E-state index is 13.7. The van der Waals surface area contributed by atoms with Gasteiger partial charge in [0.25, 0.3) is 0 Å². The molecular formula is C41H61NO10S. The topological polar surface area (TPSA) is 139 Å². The van der Waals surface area contributed by atoms with Crippen molar-refractivity contribution in [1.29, 1.82) is 0 Å². The summed E-state index contributed by atoms with van der Waals surface area (Å²) in [5, 5.41) is 13.6. The van der Waals surface area contributed by atoms with Gasteiger partial charge in [0.05, 0.1) is 72.7 Å². The standard InChI is InChI=1S/C41H61NO10S/c1-9-19-48-20-13-14-31-22-28(3)35(49-31)18-17-32-21-27(2)29(4)36(50-32)24-37-34(26-53(45,46)33-15-11-10-12-16-33)39(47-8)38(51-37)23-30(43)25-42-40(44)52-41(5,6)7/h9-16,27,30-32,34-39,43H,1,3-4,17-26H2,2,5-8H3,(H,42,44)/b14-13+/t27-,30?,31+,32+,34+,35+,36?,37+,38-,39-/m1/s1. The fourth-order valence-electron chi connectivity index (χ4n) is 7.42. The first-order chi connectivity index (χ1) is 25.1. The highest BCUT2D eigenvalue weighted by atomic mass is 32.2. The molecule has 0 aromatic heterocycles. The highest BCUT2D eigenvalue weighted by Crippen LogP contribution is 2.41. The van der Waals surface area contributed by atoms with Crippen molar-refractivity contribution in [3.8, 4) is 0 Å². The minimum atomic E-state index is -3.72. The average molecular weight is 760 g/mol. The first-order valence-corrected chi connectivity index (χ1v) is 20.4. The molecule has 3 heterocycles. The van der Waals surface area contributed by atoms with Gasteiger partial charge in [0, 0.05) is 38.8 Å². The number of methoxy groups -OCH3 is 1. The predicted octanol–water partition coefficient (Wildman–Crippen LogP) is 6.13. The van der Waals surface area contributed by atoms with E-state index in [1.165, 1.54) is 7.11 Å². The lowest BCUT2D eigenvalue weighted by Gasteiger charge is -2.38. The molecule has 3 fully saturated rings. The summed E-state index contributed by atoms with van der Waals surface area (Å²) in [5.74, 6) is -0.589. The molecular weight excluding hydrogens is 699 g/mol. The summed E-state index contributed by atoms with van der Waals surface area (Å²) >= 11 is 0. The first-order valence-electron chi connectivity index (χ1n) is 18.7. The summed E-state index contributed by atoms with van der Waals surface area (Å²) in [5.41, 5.74) is 1.33. The molecule has 10 atom stereocenters. The molecule has 2 N–H and O–H groups in total. The van der Waals surface area contributed by atoms with Crippen LogP contribution >= 0.6 is 0 Å². The molecule has 296 valence electrons. The Morgan fingerprint density at radius 2 is 1.81 bits per heavy atom. The highest BCUT2D eigenvalue weighted by Gasteiger charge is 2.49. The van der Waals surface area contributed by atoms with Crippen LogP contribution in [0.25, 0.3) is 0 Å². The number of benzene rings is 1. The number of sulfone groups is 1. The summed E-state index contributed by atoms with van der Waals surface area (Å²) in [6, 6.07) is 8.35. The van der Waals surface area contributed by atoms with E-state index in [9.17, 15) is 18.3 Å². The van der Waals surface area contributed by atoms with E-state index in [0.29, 0.717) is 19.6 Å². The molecule has 2 unspecified atom stereocenters. The van der Waals surface area contributed by atoms with E-state index < -0.39 is 51.9 Å². The number of rotatable bonds is 18. The van der Waals surface area contributed by atoms with Crippen molar-refractivity contribution in [3.63, 3.8) is 0 Å². The van der Waals surface area contributed by atoms with Gasteiger partial charge >= 0.3 is 6.09 Å². The van der Waals surface area contributed by atoms with Gasteiger partial charge in [-0.2, -0.15) is 0 Å². The third kappa shape index (κ3) is 12.9. The van der Waals surface area contributed by atoms with Gasteiger partial charge in [-0.3, -0.25) is 0 Å². The van der Waals surface area contributed by atoms with Crippen LogP contribution in [0.15, 0.2) is 84.3 Å². The van der Waals surface area contributed by atoms with Crippen LogP contribution in [0.3, 0.4) is 0 Å². The number of aliphatic hydroxyl groups is 1. The van der Waals surface area contributed by atoms with Gasteiger partial charge in [0.2, 0.25) is 0 Å². The lowest BCUT2D eigenvalue weighted by Crippen LogP contribution is -2.41. The summed E-state index contributed by atoms with van der Waals surface area (Å²) in [7, 11) is -2.19. The zero-order valence-electron chi connectivity index (χ0n) is 32.1. The third-order valence-corrected chi connectivity index (χ3v) is 11.9. The number of alkyl carbamates (subject to hydrolysis) is 1. The molecule has 53 heavy (non-hydrogen) atoms. The number of aliphatic hydroxyl groups excluding tert-OH is 1. The second-order valence-electron chi connectivity index (χ2n) is 15.5. The van der Waals surface area contributed by atoms with Gasteiger partial charge < -0.3 is 38.8 Å². The van der Waals surface area contributed by atoms with Crippen LogP contribution in [0.4, 0.5) is 4.79 Å². The molecule has 3 saturated heterocycles. The van der Waals surface area contributed by atoms with Gasteiger partial charge in [-0.25, -0.2) is 13.2 Å². The summed E-state index contributed by atoms with van der Waals surface area (Å²) < 4.78 is 63.7. The van der Waals surface area contributed by atoms with E-state index in [1.54, 1.807) is 57.2 Å². The second kappa shape index (κ2) is 19.7. The van der Waals surface area contributed by atoms with Crippen molar-refractivity contribution in [2.75, 3.05) is 32.6 Å². The molecule has 1 amide bonds. The van der Waals surface area contributed by atoms with Crippen LogP contribution < -0.4 is 5.32 Å². The molecule has 0 saturated carbocycles. The second-order valence-corrected chi connectivity index (χ2v) is 17.5. The Balaban J connectivity index is 1.43. The van der Waals surface area contributed by atoms with Crippen molar-refractivity contribution in [1.82, 2.24) is 5.32 Å². The molecule has 3 aliphatic heterocycles. The Hall–Kier alpha value is -2.84. The summed E-state index contributed by atoms with van der Waals surface area (Å²) in [6.45, 7) is 20.7. The highest BCUT2D eigenvalue weighted by molar-refractivity contribution is 7.91. The van der Waals surface area contributed by atoms with Crippen molar-refractivity contribution >= 4 is 15.9 Å². The van der Waals surface area contributed by atoms with Crippen LogP contribution in [-0.4, -0.2) is 107 Å². The van der Waals surface area contributed by atoms with Gasteiger partial charge in [-0.05, 0) is 69.2 Å². The largest absolute Gasteiger partial charge is 0.444 e. The maximum Gasteiger partial charge on any atom is 0.407 e. The smallest absolute Gasteiger partial charge is 0.407 e. The fraction of sp³-hybridized carbons (Fsp3) is 0.634. The van der Waals surface area contributed by atoms with E-state index >= 15 is 0 Å². The zero-order valence-corrected chi connectivity index (χ0v) is 32.9. The molecule has 11 nitrogen and oxygen atoms in total. The van der Waals surface area contributed by atoms with E-state index in [-0.39, 0.29) is 53.9 Å². The minimum Gasteiger partial charge on any atom is -0.444 e. The maximum absolute atomic E-state index is 13.7. The number of amides is 1. The SMILES string of the molecule is C=CCOC/C=C/[C@H]1CC(=C)[C@H](CC[C@H]2C[C@@H](C)C(=C)C(C[C@@H]3O[C@H](CC(O)CNC(=O)OC(C)(C)C)[C@H](OC)[C@H]3CS(=O)(=O)c3ccccc3)O2)O1. The minimum absolute atomic E-state index is 0.0320. The number of carbonyl (C=O) groups is 1. The molecule has 0 radical (unpaired) electrons. The monoisotopic (exact) mass is 759 g/mol. The van der Waals surface area contributed by atoms with Crippen LogP contribution in [0.1, 0.15) is 66.2 Å². The van der Waals surface area contributed by atoms with Crippen LogP contribution in [0, 0.1) is 11.8 Å². The van der Waals surface area contributed by atoms with Crippen LogP contribution in [0.2, 0.25) is 0 Å². The van der Waals surface area contributed by atoms with Gasteiger partial charge in [-0.15, -0.1) is 6.58 Å². The summed E-state index contributed by atoms with van der Waals surface area (Å²) in [4.78, 5) is 12.5. The number of hydrogen-bond donors (Lipinski definition) is 2. The molecule has 0 spiro atoms. The molecule has 1 aromatic carbocycles. The zero-order chi connectivity index (χ0) is 38.8. The molecule has 4 rings (SSSR count). The fourth-order valence-corrected chi connectivity index (χ4v) is 9.10. The third-order valence-electron chi connectivity index (χ3n) is 10.1. The molecule has 1 aromatic rings. The Morgan fingerprint density at radius 1 is 1.08 bits per heavy atom. The molecule has 12 heteroatoms. The Labute approximate surface area is 316 Å². The quantitative estimate of drug-likeness (QED) is 0.133. The number of nitrogens with one attached hydrogen (secondary N) is 1. The molecule has 0 bridgehead atoms. The number of carbonyl (C=O) groups excluding carboxylic acids is 1. The van der Waals surface area contributed by atoms with Crippen LogP contribution in [-0.2, 0) is 38.3 Å². The van der Waals surface area contributed by atoms with E-state index in [0.717, 1.165) is 36.8 Å². The van der Waals surface area contributed by atoms with Gasteiger partial charge in [0.1, 0.15) is 5.60 Å². The van der Waals surface area contributed by atoms with Gasteiger partial charge in [-0.1, -0.05) is 56.5 Å². The van der Waals surface area contributed by atoms with E-state index in [4.69, 9.17) is 28.4 Å². The van der Waals surface area contributed by atoms with Crippen molar-refractivity contribution in [2.45, 2.75) is 126 Å². The number of hydrogen-bond acceptors (Lipinski definition) is 10. The number of ether oxygens (including phenoxy) is 6. The lowest BCUT2D eigenvalue weighted by atomic mass is 9.83. The van der Waals surface area contributed by atoms with Gasteiger partial charge in [0.15, 0.2) is 9.84 Å². The predicted molar refractivity (Wildman–Crippen MR) is 204 cm³/mol. The Kier molecular flexibility index (Phi) is 15.9. The van der Waals surface area contributed by atoms with Crippen LogP contribution in [0.5, 0.6) is 0 Å². The average Bonchev–Trinajstić information content (AvgIpc) is 3.61. The Bertz CT molecular complexity index is 1510. The van der Waals surface area contributed by atoms with Crippen molar-refractivity contribution < 1.29 is 46.7 Å². The molecule has 0 aliphatic carbocycles. The lowest BCUT2D eigenvalue weighted by molar-refractivity contribution is -0.0769. The summed E-state index contributed by atoms with van der Waals surface area (Å²) in [6.07, 6.45) is 5.34. The first kappa shape index (κ1) is 42.9. The molecule has 3 aliphatic rings. The van der Waals surface area contributed by atoms with Crippen molar-refractivity contribution in [2.24, 2.45) is 11.8 Å². The Morgan fingerprint density at radius 3 is 2.49 bits per heavy atom. The van der Waals surface area contributed by atoms with E-state index in [1.807, 2.05) is 12.2 Å².